The van der Waals surface area contributed by atoms with E-state index in [1.807, 2.05) is 78.9 Å². The second-order valence-electron chi connectivity index (χ2n) is 10.0. The highest BCUT2D eigenvalue weighted by Gasteiger charge is 2.41. The maximum absolute atomic E-state index is 14.0. The normalized spacial score (nSPS) is 15.2. The van der Waals surface area contributed by atoms with Crippen molar-refractivity contribution in [3.05, 3.63) is 137 Å². The number of carbonyl (C=O) groups is 1. The molecule has 43 heavy (non-hydrogen) atoms. The predicted molar refractivity (Wildman–Crippen MR) is 165 cm³/mol. The maximum Gasteiger partial charge on any atom is 0.262 e. The van der Waals surface area contributed by atoms with E-state index in [0.29, 0.717) is 5.75 Å². The summed E-state index contributed by atoms with van der Waals surface area (Å²) in [6, 6.07) is 30.0. The van der Waals surface area contributed by atoms with Crippen LogP contribution in [0.3, 0.4) is 0 Å². The Morgan fingerprint density at radius 3 is 2.23 bits per heavy atom. The highest BCUT2D eigenvalue weighted by Crippen LogP contribution is 2.38. The van der Waals surface area contributed by atoms with Gasteiger partial charge in [0.1, 0.15) is 17.9 Å². The first kappa shape index (κ1) is 28.8. The van der Waals surface area contributed by atoms with Crippen LogP contribution in [-0.4, -0.2) is 36.8 Å². The highest BCUT2D eigenvalue weighted by molar-refractivity contribution is 7.89. The van der Waals surface area contributed by atoms with Crippen LogP contribution >= 0.6 is 11.3 Å². The Morgan fingerprint density at radius 1 is 0.953 bits per heavy atom. The Kier molecular flexibility index (Phi) is 8.35. The summed E-state index contributed by atoms with van der Waals surface area (Å²) in [4.78, 5) is 26.1. The predicted octanol–water partition coefficient (Wildman–Crippen LogP) is 5.77. The fourth-order valence-electron chi connectivity index (χ4n) is 5.11. The summed E-state index contributed by atoms with van der Waals surface area (Å²) in [5.41, 5.74) is 6.11. The quantitative estimate of drug-likeness (QED) is 0.213. The zero-order chi connectivity index (χ0) is 29.8. The number of hydroxylamine groups is 1. The van der Waals surface area contributed by atoms with Gasteiger partial charge in [-0.05, 0) is 53.1 Å². The van der Waals surface area contributed by atoms with Crippen molar-refractivity contribution in [3.63, 3.8) is 0 Å². The van der Waals surface area contributed by atoms with Gasteiger partial charge in [-0.1, -0.05) is 66.7 Å². The zero-order valence-corrected chi connectivity index (χ0v) is 24.9. The van der Waals surface area contributed by atoms with Crippen molar-refractivity contribution in [3.8, 4) is 16.2 Å². The molecule has 6 rings (SSSR count). The molecule has 0 fully saturated rings. The Bertz CT molecular complexity index is 1760. The van der Waals surface area contributed by atoms with Crippen LogP contribution in [0.5, 0.6) is 5.75 Å². The van der Waals surface area contributed by atoms with E-state index in [0.717, 1.165) is 32.0 Å². The first-order valence-corrected chi connectivity index (χ1v) is 15.9. The van der Waals surface area contributed by atoms with Crippen molar-refractivity contribution < 1.29 is 22.8 Å². The number of nitrogens with zero attached hydrogens (tertiary/aromatic N) is 2. The average molecular weight is 612 g/mol. The first-order valence-electron chi connectivity index (χ1n) is 13.7. The van der Waals surface area contributed by atoms with Gasteiger partial charge in [0.25, 0.3) is 5.91 Å². The summed E-state index contributed by atoms with van der Waals surface area (Å²) in [7, 11) is -2.55. The number of rotatable bonds is 9. The molecule has 3 heterocycles. The second-order valence-corrected chi connectivity index (χ2v) is 13.1. The number of pyridine rings is 1. The summed E-state index contributed by atoms with van der Waals surface area (Å²) in [6.07, 6.45) is 3.09. The van der Waals surface area contributed by atoms with Crippen LogP contribution < -0.4 is 10.2 Å². The van der Waals surface area contributed by atoms with Crippen LogP contribution in [0, 0.1) is 0 Å². The van der Waals surface area contributed by atoms with Gasteiger partial charge < -0.3 is 4.74 Å². The number of hydrogen-bond donors (Lipinski definition) is 1. The molecule has 0 bridgehead atoms. The number of methoxy groups -OCH3 is 1. The molecule has 1 unspecified atom stereocenters. The van der Waals surface area contributed by atoms with Gasteiger partial charge in [0.15, 0.2) is 0 Å². The summed E-state index contributed by atoms with van der Waals surface area (Å²) < 4.78 is 34.5. The zero-order valence-electron chi connectivity index (χ0n) is 23.3. The molecule has 1 atom stereocenters. The Labute approximate surface area is 254 Å². The van der Waals surface area contributed by atoms with Crippen LogP contribution in [0.2, 0.25) is 0 Å². The van der Waals surface area contributed by atoms with Crippen molar-refractivity contribution in [2.24, 2.45) is 0 Å². The van der Waals surface area contributed by atoms with Gasteiger partial charge in [-0.15, -0.1) is 11.3 Å². The lowest BCUT2D eigenvalue weighted by Gasteiger charge is -2.33. The number of thiophene rings is 1. The standard InChI is InChI=1S/C33H29N3O5S2/c1-40-27-14-16-28(17-15-27)43(38,39)36-22-26-19-30(25-13-8-18-34-21-25)42-31(26)20-29(36)33(37)35-41-32(23-9-4-2-5-10-23)24-11-6-3-7-12-24/h2-19,21,29,32H,20,22H2,1H3,(H,35,37). The van der Waals surface area contributed by atoms with E-state index >= 15 is 0 Å². The summed E-state index contributed by atoms with van der Waals surface area (Å²) in [5.74, 6) is -0.00897. The average Bonchev–Trinajstić information content (AvgIpc) is 3.49. The van der Waals surface area contributed by atoms with Crippen LogP contribution in [0.15, 0.2) is 120 Å². The number of sulfonamides is 1. The van der Waals surface area contributed by atoms with E-state index in [1.165, 1.54) is 23.5 Å². The summed E-state index contributed by atoms with van der Waals surface area (Å²) >= 11 is 1.54. The number of fused-ring (bicyclic) bond motifs is 1. The molecule has 0 spiro atoms. The third-order valence-corrected chi connectivity index (χ3v) is 10.5. The van der Waals surface area contributed by atoms with Crippen LogP contribution in [0.1, 0.15) is 27.7 Å². The molecule has 1 N–H and O–H groups in total. The van der Waals surface area contributed by atoms with Crippen molar-refractivity contribution in [2.45, 2.75) is 30.0 Å². The van der Waals surface area contributed by atoms with Gasteiger partial charge in [0.05, 0.1) is 12.0 Å². The lowest BCUT2D eigenvalue weighted by atomic mass is 10.0. The van der Waals surface area contributed by atoms with E-state index < -0.39 is 28.1 Å². The van der Waals surface area contributed by atoms with E-state index in [2.05, 4.69) is 10.5 Å². The SMILES string of the molecule is COc1ccc(S(=O)(=O)N2Cc3cc(-c4cccnc4)sc3CC2C(=O)NOC(c2ccccc2)c2ccccc2)cc1. The van der Waals surface area contributed by atoms with Gasteiger partial charge in [-0.3, -0.25) is 14.6 Å². The molecule has 0 saturated heterocycles. The second kappa shape index (κ2) is 12.5. The lowest BCUT2D eigenvalue weighted by molar-refractivity contribution is -0.141. The fourth-order valence-corrected chi connectivity index (χ4v) is 7.87. The Hall–Kier alpha value is -4.35. The summed E-state index contributed by atoms with van der Waals surface area (Å²) in [5, 5.41) is 0. The van der Waals surface area contributed by atoms with Crippen molar-refractivity contribution in [2.75, 3.05) is 7.11 Å². The van der Waals surface area contributed by atoms with Gasteiger partial charge >= 0.3 is 0 Å². The summed E-state index contributed by atoms with van der Waals surface area (Å²) in [6.45, 7) is 0.0410. The molecule has 5 aromatic rings. The molecule has 1 amide bonds. The minimum Gasteiger partial charge on any atom is -0.497 e. The van der Waals surface area contributed by atoms with Crippen LogP contribution in [0.25, 0.3) is 10.4 Å². The first-order chi connectivity index (χ1) is 20.9. The number of carbonyl (C=O) groups excluding carboxylic acids is 1. The molecule has 0 radical (unpaired) electrons. The van der Waals surface area contributed by atoms with Crippen molar-refractivity contribution in [1.82, 2.24) is 14.8 Å². The van der Waals surface area contributed by atoms with Crippen molar-refractivity contribution in [1.29, 1.82) is 0 Å². The van der Waals surface area contributed by atoms with Crippen molar-refractivity contribution >= 4 is 27.3 Å². The largest absolute Gasteiger partial charge is 0.497 e. The number of aromatic nitrogens is 1. The van der Waals surface area contributed by atoms with Crippen LogP contribution in [0.4, 0.5) is 0 Å². The Morgan fingerprint density at radius 2 is 1.63 bits per heavy atom. The number of ether oxygens (including phenoxy) is 1. The van der Waals surface area contributed by atoms with Gasteiger partial charge in [0.2, 0.25) is 10.0 Å². The Balaban J connectivity index is 1.32. The minimum atomic E-state index is -4.07. The van der Waals surface area contributed by atoms with E-state index in [4.69, 9.17) is 9.57 Å². The molecule has 218 valence electrons. The molecule has 0 saturated carbocycles. The molecule has 10 heteroatoms. The molecular weight excluding hydrogens is 583 g/mol. The molecule has 3 aromatic carbocycles. The molecule has 8 nitrogen and oxygen atoms in total. The molecule has 2 aromatic heterocycles. The third-order valence-electron chi connectivity index (χ3n) is 7.35. The monoisotopic (exact) mass is 611 g/mol. The molecule has 0 aliphatic carbocycles. The maximum atomic E-state index is 14.0. The lowest BCUT2D eigenvalue weighted by Crippen LogP contribution is -2.52. The fraction of sp³-hybridized carbons (Fsp3) is 0.152. The van der Waals surface area contributed by atoms with E-state index in [-0.39, 0.29) is 17.9 Å². The van der Waals surface area contributed by atoms with Crippen LogP contribution in [-0.2, 0) is 32.6 Å². The number of nitrogens with one attached hydrogen (secondary N) is 1. The van der Waals surface area contributed by atoms with Gasteiger partial charge in [0, 0.05) is 40.7 Å². The third kappa shape index (κ3) is 6.09. The number of hydrogen-bond acceptors (Lipinski definition) is 7. The molecular formula is C33H29N3O5S2. The number of amides is 1. The van der Waals surface area contributed by atoms with Gasteiger partial charge in [-0.2, -0.15) is 4.31 Å². The number of benzene rings is 3. The van der Waals surface area contributed by atoms with E-state index in [1.54, 1.807) is 35.9 Å². The molecule has 1 aliphatic heterocycles. The molecule has 1 aliphatic rings. The minimum absolute atomic E-state index is 0.0410. The van der Waals surface area contributed by atoms with E-state index in [9.17, 15) is 13.2 Å². The van der Waals surface area contributed by atoms with Gasteiger partial charge in [-0.25, -0.2) is 13.9 Å². The topological polar surface area (TPSA) is 97.8 Å². The highest BCUT2D eigenvalue weighted by atomic mass is 32.2. The smallest absolute Gasteiger partial charge is 0.262 e.